The van der Waals surface area contributed by atoms with E-state index in [9.17, 15) is 0 Å². The molecule has 0 aliphatic carbocycles. The third-order valence-corrected chi connectivity index (χ3v) is 2.07. The third kappa shape index (κ3) is 2.63. The Hall–Kier alpha value is -1.68. The van der Waals surface area contributed by atoms with Gasteiger partial charge in [-0.2, -0.15) is 4.98 Å². The Labute approximate surface area is 88.1 Å². The second-order valence-corrected chi connectivity index (χ2v) is 3.31. The molecule has 2 aromatic rings. The van der Waals surface area contributed by atoms with Gasteiger partial charge in [0.1, 0.15) is 0 Å². The molecular formula is C11H13N3O. The highest BCUT2D eigenvalue weighted by atomic mass is 16.5. The summed E-state index contributed by atoms with van der Waals surface area (Å²) in [6.45, 7) is 0.535. The molecule has 0 aliphatic rings. The van der Waals surface area contributed by atoms with Crippen LogP contribution in [0, 0.1) is 0 Å². The average molecular weight is 203 g/mol. The molecule has 4 nitrogen and oxygen atoms in total. The molecule has 0 saturated carbocycles. The smallest absolute Gasteiger partial charge is 0.227 e. The van der Waals surface area contributed by atoms with E-state index in [0.29, 0.717) is 31.1 Å². The van der Waals surface area contributed by atoms with Crippen LogP contribution in [0.4, 0.5) is 0 Å². The number of rotatable bonds is 4. The number of aromatic nitrogens is 2. The maximum atomic E-state index is 5.39. The summed E-state index contributed by atoms with van der Waals surface area (Å²) in [5.41, 5.74) is 6.57. The average Bonchev–Trinajstić information content (AvgIpc) is 2.68. The monoisotopic (exact) mass is 203 g/mol. The molecule has 4 heteroatoms. The van der Waals surface area contributed by atoms with Gasteiger partial charge < -0.3 is 10.3 Å². The van der Waals surface area contributed by atoms with Gasteiger partial charge in [-0.05, 0) is 5.56 Å². The fourth-order valence-corrected chi connectivity index (χ4v) is 1.37. The zero-order valence-electron chi connectivity index (χ0n) is 8.39. The fraction of sp³-hybridized carbons (Fsp3) is 0.273. The number of benzene rings is 1. The summed E-state index contributed by atoms with van der Waals surface area (Å²) in [6, 6.07) is 10.1. The van der Waals surface area contributed by atoms with E-state index < -0.39 is 0 Å². The largest absolute Gasteiger partial charge is 0.339 e. The highest BCUT2D eigenvalue weighted by Crippen LogP contribution is 2.06. The van der Waals surface area contributed by atoms with Crippen LogP contribution in [0.5, 0.6) is 0 Å². The second-order valence-electron chi connectivity index (χ2n) is 3.31. The predicted octanol–water partition coefficient (Wildman–Crippen LogP) is 1.16. The minimum Gasteiger partial charge on any atom is -0.339 e. The van der Waals surface area contributed by atoms with Crippen molar-refractivity contribution < 1.29 is 4.52 Å². The Kier molecular flexibility index (Phi) is 3.09. The number of nitrogens with two attached hydrogens (primary N) is 1. The van der Waals surface area contributed by atoms with Crippen molar-refractivity contribution in [3.63, 3.8) is 0 Å². The minimum absolute atomic E-state index is 0.535. The molecule has 0 bridgehead atoms. The summed E-state index contributed by atoms with van der Waals surface area (Å²) in [6.07, 6.45) is 1.34. The highest BCUT2D eigenvalue weighted by Gasteiger charge is 2.05. The van der Waals surface area contributed by atoms with Gasteiger partial charge in [0, 0.05) is 19.4 Å². The summed E-state index contributed by atoms with van der Waals surface area (Å²) < 4.78 is 5.04. The van der Waals surface area contributed by atoms with Gasteiger partial charge in [0.15, 0.2) is 5.82 Å². The molecule has 1 heterocycles. The van der Waals surface area contributed by atoms with E-state index >= 15 is 0 Å². The first kappa shape index (κ1) is 9.86. The number of hydrogen-bond acceptors (Lipinski definition) is 4. The maximum Gasteiger partial charge on any atom is 0.227 e. The van der Waals surface area contributed by atoms with Crippen LogP contribution in [-0.4, -0.2) is 16.7 Å². The molecule has 0 fully saturated rings. The lowest BCUT2D eigenvalue weighted by atomic mass is 10.1. The van der Waals surface area contributed by atoms with Gasteiger partial charge in [0.2, 0.25) is 5.89 Å². The first-order chi connectivity index (χ1) is 7.38. The van der Waals surface area contributed by atoms with Gasteiger partial charge >= 0.3 is 0 Å². The molecule has 0 unspecified atom stereocenters. The van der Waals surface area contributed by atoms with Crippen LogP contribution < -0.4 is 5.73 Å². The van der Waals surface area contributed by atoms with Gasteiger partial charge in [0.25, 0.3) is 0 Å². The molecule has 1 aromatic heterocycles. The summed E-state index contributed by atoms with van der Waals surface area (Å²) in [5.74, 6) is 1.33. The lowest BCUT2D eigenvalue weighted by Crippen LogP contribution is -2.02. The Morgan fingerprint density at radius 2 is 2.00 bits per heavy atom. The van der Waals surface area contributed by atoms with Crippen LogP contribution in [-0.2, 0) is 12.8 Å². The van der Waals surface area contributed by atoms with Gasteiger partial charge in [-0.15, -0.1) is 0 Å². The van der Waals surface area contributed by atoms with Gasteiger partial charge in [-0.3, -0.25) is 0 Å². The van der Waals surface area contributed by atoms with Gasteiger partial charge in [-0.1, -0.05) is 35.5 Å². The molecule has 0 spiro atoms. The molecule has 0 saturated heterocycles. The van der Waals surface area contributed by atoms with E-state index in [-0.39, 0.29) is 0 Å². The SMILES string of the molecule is NCCc1nc(Cc2ccccc2)no1. The molecule has 1 aromatic carbocycles. The second kappa shape index (κ2) is 4.70. The lowest BCUT2D eigenvalue weighted by molar-refractivity contribution is 0.375. The number of nitrogens with zero attached hydrogens (tertiary/aromatic N) is 2. The summed E-state index contributed by atoms with van der Waals surface area (Å²) in [5, 5.41) is 3.89. The van der Waals surface area contributed by atoms with Crippen molar-refractivity contribution in [2.24, 2.45) is 5.73 Å². The fourth-order valence-electron chi connectivity index (χ4n) is 1.37. The van der Waals surface area contributed by atoms with Crippen LogP contribution in [0.3, 0.4) is 0 Å². The Morgan fingerprint density at radius 1 is 1.20 bits per heavy atom. The molecule has 2 N–H and O–H groups in total. The summed E-state index contributed by atoms with van der Waals surface area (Å²) in [4.78, 5) is 4.24. The van der Waals surface area contributed by atoms with Crippen molar-refractivity contribution in [1.82, 2.24) is 10.1 Å². The molecule has 0 atom stereocenters. The van der Waals surface area contributed by atoms with Crippen molar-refractivity contribution >= 4 is 0 Å². The van der Waals surface area contributed by atoms with E-state index in [4.69, 9.17) is 10.3 Å². The molecule has 0 radical (unpaired) electrons. The third-order valence-electron chi connectivity index (χ3n) is 2.07. The van der Waals surface area contributed by atoms with Crippen molar-refractivity contribution in [3.8, 4) is 0 Å². The summed E-state index contributed by atoms with van der Waals surface area (Å²) >= 11 is 0. The highest BCUT2D eigenvalue weighted by molar-refractivity contribution is 5.18. The Bertz CT molecular complexity index is 411. The zero-order valence-corrected chi connectivity index (χ0v) is 8.39. The Morgan fingerprint density at radius 3 is 2.73 bits per heavy atom. The van der Waals surface area contributed by atoms with Crippen molar-refractivity contribution in [3.05, 3.63) is 47.6 Å². The quantitative estimate of drug-likeness (QED) is 0.809. The predicted molar refractivity (Wildman–Crippen MR) is 56.3 cm³/mol. The van der Waals surface area contributed by atoms with Crippen molar-refractivity contribution in [2.45, 2.75) is 12.8 Å². The lowest BCUT2D eigenvalue weighted by Gasteiger charge is -1.93. The van der Waals surface area contributed by atoms with Crippen molar-refractivity contribution in [1.29, 1.82) is 0 Å². The number of hydrogen-bond donors (Lipinski definition) is 1. The molecule has 0 aliphatic heterocycles. The van der Waals surface area contributed by atoms with E-state index in [0.717, 1.165) is 0 Å². The van der Waals surface area contributed by atoms with Crippen LogP contribution >= 0.6 is 0 Å². The first-order valence-corrected chi connectivity index (χ1v) is 4.94. The van der Waals surface area contributed by atoms with Crippen LogP contribution in [0.2, 0.25) is 0 Å². The normalized spacial score (nSPS) is 10.5. The zero-order chi connectivity index (χ0) is 10.5. The van der Waals surface area contributed by atoms with Crippen LogP contribution in [0.25, 0.3) is 0 Å². The van der Waals surface area contributed by atoms with Gasteiger partial charge in [-0.25, -0.2) is 0 Å². The van der Waals surface area contributed by atoms with E-state index in [2.05, 4.69) is 10.1 Å². The topological polar surface area (TPSA) is 64.9 Å². The summed E-state index contributed by atoms with van der Waals surface area (Å²) in [7, 11) is 0. The van der Waals surface area contributed by atoms with Crippen LogP contribution in [0.15, 0.2) is 34.9 Å². The molecule has 0 amide bonds. The molecule has 15 heavy (non-hydrogen) atoms. The first-order valence-electron chi connectivity index (χ1n) is 4.94. The molecule has 2 rings (SSSR count). The molecular weight excluding hydrogens is 190 g/mol. The van der Waals surface area contributed by atoms with E-state index in [1.54, 1.807) is 0 Å². The standard InChI is InChI=1S/C11H13N3O/c12-7-6-11-13-10(14-15-11)8-9-4-2-1-3-5-9/h1-5H,6-8,12H2. The minimum atomic E-state index is 0.535. The Balaban J connectivity index is 2.05. The van der Waals surface area contributed by atoms with Crippen LogP contribution in [0.1, 0.15) is 17.3 Å². The van der Waals surface area contributed by atoms with Gasteiger partial charge in [0.05, 0.1) is 0 Å². The van der Waals surface area contributed by atoms with Crippen molar-refractivity contribution in [2.75, 3.05) is 6.54 Å². The molecule has 78 valence electrons. The maximum absolute atomic E-state index is 5.39. The van der Waals surface area contributed by atoms with E-state index in [1.165, 1.54) is 5.56 Å². The van der Waals surface area contributed by atoms with E-state index in [1.807, 2.05) is 30.3 Å².